The van der Waals surface area contributed by atoms with Crippen molar-refractivity contribution in [3.63, 3.8) is 0 Å². The van der Waals surface area contributed by atoms with E-state index in [1.807, 2.05) is 0 Å². The Bertz CT molecular complexity index is 914. The predicted octanol–water partition coefficient (Wildman–Crippen LogP) is 3.29. The van der Waals surface area contributed by atoms with Gasteiger partial charge in [0.2, 0.25) is 12.3 Å². The van der Waals surface area contributed by atoms with Gasteiger partial charge in [0.1, 0.15) is 11.6 Å². The monoisotopic (exact) mass is 506 g/mol. The van der Waals surface area contributed by atoms with Crippen molar-refractivity contribution in [2.45, 2.75) is 67.4 Å². The van der Waals surface area contributed by atoms with Crippen molar-refractivity contribution >= 4 is 35.2 Å². The molecule has 1 aliphatic heterocycles. The number of carbonyl (C=O) groups excluding carboxylic acids is 2. The van der Waals surface area contributed by atoms with Crippen molar-refractivity contribution in [1.82, 2.24) is 10.6 Å². The third kappa shape index (κ3) is 5.22. The Morgan fingerprint density at radius 2 is 1.97 bits per heavy atom. The molecule has 33 heavy (non-hydrogen) atoms. The molecule has 1 saturated heterocycles. The number of aliphatic hydroxyl groups excluding tert-OH is 1. The van der Waals surface area contributed by atoms with Crippen LogP contribution in [0.15, 0.2) is 18.2 Å². The minimum absolute atomic E-state index is 0.0471. The van der Waals surface area contributed by atoms with Gasteiger partial charge < -0.3 is 20.5 Å². The van der Waals surface area contributed by atoms with E-state index in [9.17, 15) is 27.9 Å². The third-order valence-corrected chi connectivity index (χ3v) is 8.77. The number of aliphatic hydroxyl groups is 1. The Hall–Kier alpha value is -1.65. The maximum Gasteiger partial charge on any atom is 0.258 e. The lowest BCUT2D eigenvalue weighted by Crippen LogP contribution is -2.70. The van der Waals surface area contributed by atoms with E-state index in [0.717, 1.165) is 6.07 Å². The molecule has 11 heteroatoms. The summed E-state index contributed by atoms with van der Waals surface area (Å²) >= 11 is 6.89. The lowest BCUT2D eigenvalue weighted by Gasteiger charge is -2.56. The fourth-order valence-electron chi connectivity index (χ4n) is 5.04. The van der Waals surface area contributed by atoms with Gasteiger partial charge in [-0.15, -0.1) is 11.8 Å². The molecule has 1 aromatic carbocycles. The van der Waals surface area contributed by atoms with Crippen LogP contribution < -0.4 is 15.4 Å². The van der Waals surface area contributed by atoms with Gasteiger partial charge in [0.15, 0.2) is 6.61 Å². The molecule has 1 aromatic rings. The fraction of sp³-hybridized carbons (Fsp3) is 0.636. The van der Waals surface area contributed by atoms with Gasteiger partial charge in [0.25, 0.3) is 5.91 Å². The number of hydrogen-bond donors (Lipinski definition) is 3. The van der Waals surface area contributed by atoms with E-state index in [2.05, 4.69) is 10.6 Å². The number of hydrogen-bond acceptors (Lipinski definition) is 5. The number of carbonyl (C=O) groups is 2. The summed E-state index contributed by atoms with van der Waals surface area (Å²) in [7, 11) is 0. The number of rotatable bonds is 7. The second-order valence-corrected chi connectivity index (χ2v) is 10.9. The van der Waals surface area contributed by atoms with Crippen LogP contribution in [0.2, 0.25) is 5.02 Å². The average molecular weight is 507 g/mol. The van der Waals surface area contributed by atoms with Crippen molar-refractivity contribution in [3.05, 3.63) is 29.0 Å². The summed E-state index contributed by atoms with van der Waals surface area (Å²) in [6, 6.07) is 3.88. The SMILES string of the molecule is O=C(COc1ccc(Cl)c(F)c1)NC12CCC(NC(=O)C3CC(C(F)F)CS3)(CC1)C[C@@H]2O. The quantitative estimate of drug-likeness (QED) is 0.528. The standard InChI is InChI=1S/C22H26ClF3N2O4S/c23-14-2-1-13(8-15(14)24)32-10-18(30)27-22-5-3-21(4-6-22,9-17(22)29)28-20(31)16-7-12(11-33-16)19(25)26/h1-2,8,12,16-17,19,29H,3-7,9-11H2,(H,27,30)(H,28,31)/t12?,16?,17-,21?,22?/m0/s1. The zero-order chi connectivity index (χ0) is 23.8. The molecule has 2 amide bonds. The first-order valence-electron chi connectivity index (χ1n) is 10.9. The smallest absolute Gasteiger partial charge is 0.258 e. The summed E-state index contributed by atoms with van der Waals surface area (Å²) in [5.74, 6) is -1.67. The maximum atomic E-state index is 13.5. The highest BCUT2D eigenvalue weighted by Gasteiger charge is 2.55. The molecule has 2 unspecified atom stereocenters. The number of thioether (sulfide) groups is 1. The van der Waals surface area contributed by atoms with E-state index < -0.39 is 46.5 Å². The van der Waals surface area contributed by atoms with Gasteiger partial charge in [-0.05, 0) is 50.7 Å². The van der Waals surface area contributed by atoms with E-state index in [4.69, 9.17) is 16.3 Å². The Labute approximate surface area is 199 Å². The summed E-state index contributed by atoms with van der Waals surface area (Å²) in [6.45, 7) is -0.346. The molecule has 182 valence electrons. The zero-order valence-electron chi connectivity index (χ0n) is 17.8. The highest BCUT2D eigenvalue weighted by molar-refractivity contribution is 8.00. The Morgan fingerprint density at radius 3 is 2.58 bits per heavy atom. The van der Waals surface area contributed by atoms with Crippen molar-refractivity contribution in [3.8, 4) is 5.75 Å². The Balaban J connectivity index is 1.30. The molecule has 3 N–H and O–H groups in total. The minimum atomic E-state index is -2.42. The topological polar surface area (TPSA) is 87.7 Å². The van der Waals surface area contributed by atoms with E-state index in [-0.39, 0.29) is 41.9 Å². The summed E-state index contributed by atoms with van der Waals surface area (Å²) in [5.41, 5.74) is -1.41. The summed E-state index contributed by atoms with van der Waals surface area (Å²) < 4.78 is 44.7. The van der Waals surface area contributed by atoms with Crippen LogP contribution in [0.3, 0.4) is 0 Å². The number of halogens is 4. The summed E-state index contributed by atoms with van der Waals surface area (Å²) in [4.78, 5) is 25.2. The summed E-state index contributed by atoms with van der Waals surface area (Å²) in [6.07, 6.45) is -0.805. The Kier molecular flexibility index (Phi) is 7.08. The van der Waals surface area contributed by atoms with E-state index in [0.29, 0.717) is 25.7 Å². The van der Waals surface area contributed by atoms with Crippen molar-refractivity contribution in [2.24, 2.45) is 5.92 Å². The number of ether oxygens (including phenoxy) is 1. The zero-order valence-corrected chi connectivity index (χ0v) is 19.4. The fourth-order valence-corrected chi connectivity index (χ4v) is 6.51. The number of alkyl halides is 2. The summed E-state index contributed by atoms with van der Waals surface area (Å²) in [5, 5.41) is 16.2. The minimum Gasteiger partial charge on any atom is -0.484 e. The van der Waals surface area contributed by atoms with Gasteiger partial charge in [-0.3, -0.25) is 9.59 Å². The van der Waals surface area contributed by atoms with Gasteiger partial charge in [-0.25, -0.2) is 13.2 Å². The molecule has 1 heterocycles. The molecule has 0 aromatic heterocycles. The van der Waals surface area contributed by atoms with Crippen LogP contribution in [0.25, 0.3) is 0 Å². The number of benzene rings is 1. The van der Waals surface area contributed by atoms with Gasteiger partial charge in [0.05, 0.1) is 21.9 Å². The molecule has 3 saturated carbocycles. The number of nitrogens with one attached hydrogen (secondary N) is 2. The number of amides is 2. The third-order valence-electron chi connectivity index (χ3n) is 7.04. The van der Waals surface area contributed by atoms with Crippen molar-refractivity contribution in [1.29, 1.82) is 0 Å². The van der Waals surface area contributed by atoms with Crippen LogP contribution in [0, 0.1) is 11.7 Å². The van der Waals surface area contributed by atoms with E-state index in [1.54, 1.807) is 0 Å². The largest absolute Gasteiger partial charge is 0.484 e. The second-order valence-electron chi connectivity index (χ2n) is 9.21. The highest BCUT2D eigenvalue weighted by Crippen LogP contribution is 2.47. The van der Waals surface area contributed by atoms with Gasteiger partial charge >= 0.3 is 0 Å². The predicted molar refractivity (Wildman–Crippen MR) is 118 cm³/mol. The molecular weight excluding hydrogens is 481 g/mol. The molecule has 6 nitrogen and oxygen atoms in total. The van der Waals surface area contributed by atoms with Crippen molar-refractivity contribution < 1.29 is 32.6 Å². The highest BCUT2D eigenvalue weighted by atomic mass is 35.5. The van der Waals surface area contributed by atoms with Crippen molar-refractivity contribution in [2.75, 3.05) is 12.4 Å². The van der Waals surface area contributed by atoms with Crippen LogP contribution in [0.5, 0.6) is 5.75 Å². The molecule has 3 atom stereocenters. The lowest BCUT2D eigenvalue weighted by molar-refractivity contribution is -0.136. The molecule has 0 spiro atoms. The first kappa shape index (κ1) is 24.5. The first-order valence-corrected chi connectivity index (χ1v) is 12.3. The van der Waals surface area contributed by atoms with E-state index in [1.165, 1.54) is 23.9 Å². The molecule has 0 radical (unpaired) electrons. The molecular formula is C22H26ClF3N2O4S. The van der Waals surface area contributed by atoms with Gasteiger partial charge in [-0.1, -0.05) is 11.6 Å². The average Bonchev–Trinajstić information content (AvgIpc) is 3.27. The normalized spacial score (nSPS) is 33.2. The van der Waals surface area contributed by atoms with Crippen LogP contribution in [-0.4, -0.2) is 58.1 Å². The lowest BCUT2D eigenvalue weighted by atomic mass is 9.60. The molecule has 4 fully saturated rings. The first-order chi connectivity index (χ1) is 15.6. The van der Waals surface area contributed by atoms with Crippen LogP contribution in [-0.2, 0) is 9.59 Å². The van der Waals surface area contributed by atoms with Crippen LogP contribution in [0.4, 0.5) is 13.2 Å². The van der Waals surface area contributed by atoms with Crippen LogP contribution >= 0.6 is 23.4 Å². The molecule has 3 aliphatic carbocycles. The Morgan fingerprint density at radius 1 is 1.24 bits per heavy atom. The molecule has 4 aliphatic rings. The van der Waals surface area contributed by atoms with E-state index >= 15 is 0 Å². The maximum absolute atomic E-state index is 13.5. The molecule has 5 rings (SSSR count). The van der Waals surface area contributed by atoms with Crippen LogP contribution in [0.1, 0.15) is 38.5 Å². The number of fused-ring (bicyclic) bond motifs is 3. The second kappa shape index (κ2) is 9.54. The van der Waals surface area contributed by atoms with Gasteiger partial charge in [-0.2, -0.15) is 0 Å². The molecule has 2 bridgehead atoms. The van der Waals surface area contributed by atoms with Gasteiger partial charge in [0, 0.05) is 23.3 Å².